The normalized spacial score (nSPS) is 11.0. The third-order valence-electron chi connectivity index (χ3n) is 3.88. The molecular formula is C19H19NO5. The van der Waals surface area contributed by atoms with Crippen molar-refractivity contribution < 1.29 is 24.2 Å². The monoisotopic (exact) mass is 341 g/mol. The van der Waals surface area contributed by atoms with Crippen molar-refractivity contribution >= 4 is 17.1 Å². The quantitative estimate of drug-likeness (QED) is 0.638. The average molecular weight is 341 g/mol. The van der Waals surface area contributed by atoms with E-state index in [-0.39, 0.29) is 13.2 Å². The Balaban J connectivity index is 2.07. The number of aliphatic hydroxyl groups excluding tert-OH is 1. The molecule has 6 heteroatoms. The second-order valence-corrected chi connectivity index (χ2v) is 5.72. The number of rotatable bonds is 6. The van der Waals surface area contributed by atoms with Gasteiger partial charge in [-0.15, -0.1) is 0 Å². The fourth-order valence-electron chi connectivity index (χ4n) is 2.81. The third kappa shape index (κ3) is 3.81. The molecule has 6 nitrogen and oxygen atoms in total. The fraction of sp³-hybridized carbons (Fsp3) is 0.211. The lowest BCUT2D eigenvalue weighted by molar-refractivity contribution is 0.166. The Bertz CT molecular complexity index is 900. The van der Waals surface area contributed by atoms with Gasteiger partial charge in [0.15, 0.2) is 0 Å². The molecule has 0 bridgehead atoms. The van der Waals surface area contributed by atoms with Crippen LogP contribution in [0.1, 0.15) is 16.9 Å². The molecule has 0 aliphatic rings. The van der Waals surface area contributed by atoms with Gasteiger partial charge in [0.25, 0.3) is 0 Å². The molecule has 0 atom stereocenters. The van der Waals surface area contributed by atoms with Crippen LogP contribution in [-0.2, 0) is 24.5 Å². The van der Waals surface area contributed by atoms with E-state index in [9.17, 15) is 9.90 Å². The van der Waals surface area contributed by atoms with Crippen molar-refractivity contribution in [1.29, 1.82) is 0 Å². The van der Waals surface area contributed by atoms with Crippen LogP contribution in [0.4, 0.5) is 4.79 Å². The zero-order chi connectivity index (χ0) is 17.8. The Labute approximate surface area is 144 Å². The summed E-state index contributed by atoms with van der Waals surface area (Å²) in [5, 5.41) is 21.6. The molecule has 2 aromatic carbocycles. The van der Waals surface area contributed by atoms with Crippen LogP contribution in [0.25, 0.3) is 22.1 Å². The molecule has 0 aliphatic carbocycles. The number of hydrogen-bond donors (Lipinski definition) is 3. The first-order valence-electron chi connectivity index (χ1n) is 7.82. The molecule has 0 spiro atoms. The number of carboxylic acid groups (broad SMARTS) is 1. The smallest absolute Gasteiger partial charge is 0.404 e. The summed E-state index contributed by atoms with van der Waals surface area (Å²) in [6, 6.07) is 13.2. The summed E-state index contributed by atoms with van der Waals surface area (Å²) in [4.78, 5) is 10.7. The first kappa shape index (κ1) is 17.0. The van der Waals surface area contributed by atoms with E-state index in [1.54, 1.807) is 7.11 Å². The second kappa shape index (κ2) is 7.38. The first-order valence-corrected chi connectivity index (χ1v) is 7.82. The van der Waals surface area contributed by atoms with Gasteiger partial charge in [0.05, 0.1) is 6.61 Å². The molecule has 3 N–H and O–H groups in total. The molecule has 0 radical (unpaired) electrons. The maximum Gasteiger partial charge on any atom is 0.404 e. The van der Waals surface area contributed by atoms with E-state index >= 15 is 0 Å². The minimum atomic E-state index is -1.06. The molecule has 0 aliphatic heterocycles. The Morgan fingerprint density at radius 3 is 2.76 bits per heavy atom. The second-order valence-electron chi connectivity index (χ2n) is 5.72. The highest BCUT2D eigenvalue weighted by atomic mass is 16.5. The summed E-state index contributed by atoms with van der Waals surface area (Å²) < 4.78 is 11.0. The van der Waals surface area contributed by atoms with Gasteiger partial charge in [0.1, 0.15) is 18.0 Å². The lowest BCUT2D eigenvalue weighted by atomic mass is 9.99. The molecule has 3 aromatic rings. The Morgan fingerprint density at radius 2 is 2.04 bits per heavy atom. The molecular weight excluding hydrogens is 322 g/mol. The number of ether oxygens (including phenoxy) is 1. The fourth-order valence-corrected chi connectivity index (χ4v) is 2.81. The van der Waals surface area contributed by atoms with Crippen LogP contribution in [0.15, 0.2) is 46.9 Å². The number of benzene rings is 2. The first-order chi connectivity index (χ1) is 12.1. The maximum atomic E-state index is 10.7. The molecule has 0 saturated heterocycles. The molecule has 1 heterocycles. The van der Waals surface area contributed by atoms with Gasteiger partial charge in [-0.05, 0) is 41.0 Å². The van der Waals surface area contributed by atoms with Gasteiger partial charge in [-0.25, -0.2) is 4.79 Å². The van der Waals surface area contributed by atoms with Gasteiger partial charge < -0.3 is 24.7 Å². The van der Waals surface area contributed by atoms with E-state index in [0.29, 0.717) is 18.0 Å². The van der Waals surface area contributed by atoms with Crippen molar-refractivity contribution in [1.82, 2.24) is 5.32 Å². The van der Waals surface area contributed by atoms with Gasteiger partial charge in [0.2, 0.25) is 0 Å². The number of fused-ring (bicyclic) bond motifs is 1. The van der Waals surface area contributed by atoms with Gasteiger partial charge in [-0.3, -0.25) is 0 Å². The number of aliphatic hydroxyl groups is 1. The molecule has 3 rings (SSSR count). The highest BCUT2D eigenvalue weighted by Gasteiger charge is 2.13. The van der Waals surface area contributed by atoms with Gasteiger partial charge in [0, 0.05) is 24.6 Å². The van der Waals surface area contributed by atoms with Gasteiger partial charge >= 0.3 is 6.09 Å². The molecule has 25 heavy (non-hydrogen) atoms. The van der Waals surface area contributed by atoms with Crippen LogP contribution in [-0.4, -0.2) is 23.4 Å². The average Bonchev–Trinajstić information content (AvgIpc) is 3.02. The maximum absolute atomic E-state index is 10.7. The molecule has 130 valence electrons. The number of furan rings is 1. The summed E-state index contributed by atoms with van der Waals surface area (Å²) in [6.07, 6.45) is -1.06. The Morgan fingerprint density at radius 1 is 1.20 bits per heavy atom. The molecule has 1 amide bonds. The largest absolute Gasteiger partial charge is 0.465 e. The van der Waals surface area contributed by atoms with Gasteiger partial charge in [-0.2, -0.15) is 0 Å². The van der Waals surface area contributed by atoms with Crippen LogP contribution in [0.2, 0.25) is 0 Å². The number of hydrogen-bond acceptors (Lipinski definition) is 4. The van der Waals surface area contributed by atoms with E-state index in [4.69, 9.17) is 14.3 Å². The third-order valence-corrected chi connectivity index (χ3v) is 3.88. The minimum Gasteiger partial charge on any atom is -0.465 e. The highest BCUT2D eigenvalue weighted by Crippen LogP contribution is 2.33. The lowest BCUT2D eigenvalue weighted by Gasteiger charge is -2.08. The van der Waals surface area contributed by atoms with E-state index in [0.717, 1.165) is 27.6 Å². The highest BCUT2D eigenvalue weighted by molar-refractivity contribution is 5.93. The number of carbonyl (C=O) groups is 1. The summed E-state index contributed by atoms with van der Waals surface area (Å²) in [5.41, 5.74) is 4.07. The summed E-state index contributed by atoms with van der Waals surface area (Å²) >= 11 is 0. The minimum absolute atomic E-state index is 0.0754. The topological polar surface area (TPSA) is 91.9 Å². The SMILES string of the molecule is COCc1cc2cc(CO)cc(-c3cccc(CNC(=O)O)c3)c2o1. The summed E-state index contributed by atoms with van der Waals surface area (Å²) in [5.74, 6) is 0.706. The van der Waals surface area contributed by atoms with Gasteiger partial charge in [-0.1, -0.05) is 18.2 Å². The van der Waals surface area contributed by atoms with Crippen LogP contribution < -0.4 is 5.32 Å². The van der Waals surface area contributed by atoms with E-state index < -0.39 is 6.09 Å². The number of amides is 1. The lowest BCUT2D eigenvalue weighted by Crippen LogP contribution is -2.19. The number of methoxy groups -OCH3 is 1. The van der Waals surface area contributed by atoms with Crippen molar-refractivity contribution in [2.45, 2.75) is 19.8 Å². The number of nitrogens with one attached hydrogen (secondary N) is 1. The van der Waals surface area contributed by atoms with E-state index in [2.05, 4.69) is 5.32 Å². The zero-order valence-electron chi connectivity index (χ0n) is 13.8. The van der Waals surface area contributed by atoms with Crippen molar-refractivity contribution in [2.24, 2.45) is 0 Å². The van der Waals surface area contributed by atoms with Crippen molar-refractivity contribution in [3.8, 4) is 11.1 Å². The summed E-state index contributed by atoms with van der Waals surface area (Å²) in [7, 11) is 1.60. The van der Waals surface area contributed by atoms with Crippen molar-refractivity contribution in [3.63, 3.8) is 0 Å². The van der Waals surface area contributed by atoms with Crippen molar-refractivity contribution in [3.05, 3.63) is 59.4 Å². The predicted molar refractivity (Wildman–Crippen MR) is 93.2 cm³/mol. The molecule has 0 unspecified atom stereocenters. The Hall–Kier alpha value is -2.83. The standard InChI is InChI=1S/C19H19NO5/c1-24-11-16-8-15-6-13(10-21)7-17(18(15)25-16)14-4-2-3-12(5-14)9-20-19(22)23/h2-8,20-21H,9-11H2,1H3,(H,22,23). The van der Waals surface area contributed by atoms with Crippen LogP contribution in [0.3, 0.4) is 0 Å². The Kier molecular flexibility index (Phi) is 5.02. The summed E-state index contributed by atoms with van der Waals surface area (Å²) in [6.45, 7) is 0.512. The van der Waals surface area contributed by atoms with Crippen LogP contribution in [0, 0.1) is 0 Å². The molecule has 0 fully saturated rings. The predicted octanol–water partition coefficient (Wildman–Crippen LogP) is 3.51. The van der Waals surface area contributed by atoms with E-state index in [1.165, 1.54) is 0 Å². The molecule has 1 aromatic heterocycles. The van der Waals surface area contributed by atoms with Crippen LogP contribution in [0.5, 0.6) is 0 Å². The zero-order valence-corrected chi connectivity index (χ0v) is 13.8. The van der Waals surface area contributed by atoms with E-state index in [1.807, 2.05) is 42.5 Å². The van der Waals surface area contributed by atoms with Crippen LogP contribution >= 0.6 is 0 Å². The molecule has 0 saturated carbocycles. The van der Waals surface area contributed by atoms with Crippen molar-refractivity contribution in [2.75, 3.05) is 7.11 Å².